The Balaban J connectivity index is 1.97. The molecule has 1 aliphatic heterocycles. The second kappa shape index (κ2) is 5.89. The van der Waals surface area contributed by atoms with Crippen LogP contribution in [0.3, 0.4) is 0 Å². The van der Waals surface area contributed by atoms with Gasteiger partial charge in [0.25, 0.3) is 0 Å². The van der Waals surface area contributed by atoms with E-state index in [2.05, 4.69) is 53.5 Å². The number of carbonyl (C=O) groups is 1. The first-order valence-corrected chi connectivity index (χ1v) is 6.87. The third-order valence-electron chi connectivity index (χ3n) is 2.69. The normalized spacial score (nSPS) is 20.5. The summed E-state index contributed by atoms with van der Waals surface area (Å²) in [6.45, 7) is 0. The van der Waals surface area contributed by atoms with Gasteiger partial charge >= 0.3 is 0 Å². The maximum atomic E-state index is 11.0. The first-order valence-electron chi connectivity index (χ1n) is 5.64. The fourth-order valence-corrected chi connectivity index (χ4v) is 2.18. The van der Waals surface area contributed by atoms with Gasteiger partial charge < -0.3 is 0 Å². The average Bonchev–Trinajstić information content (AvgIpc) is 2.38. The summed E-state index contributed by atoms with van der Waals surface area (Å²) >= 11 is 1.74. The van der Waals surface area contributed by atoms with Gasteiger partial charge in [0, 0.05) is 17.4 Å². The van der Waals surface area contributed by atoms with Gasteiger partial charge in [0.1, 0.15) is 0 Å². The van der Waals surface area contributed by atoms with Crippen LogP contribution >= 0.6 is 11.8 Å². The predicted molar refractivity (Wildman–Crippen MR) is 71.6 cm³/mol. The summed E-state index contributed by atoms with van der Waals surface area (Å²) in [6.07, 6.45) is 7.70. The van der Waals surface area contributed by atoms with Crippen molar-refractivity contribution in [1.29, 1.82) is 0 Å². The summed E-state index contributed by atoms with van der Waals surface area (Å²) in [4.78, 5) is 12.2. The molecule has 1 saturated heterocycles. The third-order valence-corrected chi connectivity index (χ3v) is 3.42. The maximum absolute atomic E-state index is 11.0. The Hall–Kier alpha value is -1.26. The molecule has 90 valence electrons. The molecular formula is C13H16N2OS. The third kappa shape index (κ3) is 3.61. The van der Waals surface area contributed by atoms with Crippen molar-refractivity contribution >= 4 is 23.7 Å². The Labute approximate surface area is 106 Å². The van der Waals surface area contributed by atoms with Crippen molar-refractivity contribution in [1.82, 2.24) is 10.9 Å². The number of hydrogen-bond acceptors (Lipinski definition) is 3. The van der Waals surface area contributed by atoms with Crippen molar-refractivity contribution in [2.45, 2.75) is 23.8 Å². The fraction of sp³-hybridized carbons (Fsp3) is 0.308. The Morgan fingerprint density at radius 2 is 2.35 bits per heavy atom. The number of amides is 1. The lowest BCUT2D eigenvalue weighted by molar-refractivity contribution is -0.123. The molecular weight excluding hydrogens is 232 g/mol. The van der Waals surface area contributed by atoms with E-state index in [0.717, 1.165) is 6.42 Å². The van der Waals surface area contributed by atoms with Crippen LogP contribution in [0.1, 0.15) is 18.4 Å². The molecule has 1 aliphatic rings. The van der Waals surface area contributed by atoms with Gasteiger partial charge in [0.05, 0.1) is 0 Å². The van der Waals surface area contributed by atoms with Crippen LogP contribution in [0, 0.1) is 0 Å². The predicted octanol–water partition coefficient (Wildman–Crippen LogP) is 2.20. The van der Waals surface area contributed by atoms with Crippen molar-refractivity contribution in [2.75, 3.05) is 6.26 Å². The standard InChI is InChI=1S/C13H16N2OS/c1-17-12-4-2-3-10(9-12)5-6-11-7-8-13(16)15-14-11/h2-6,9,11,14H,7-8H2,1H3,(H,15,16)/b6-5+. The molecule has 1 aromatic rings. The molecule has 4 heteroatoms. The van der Waals surface area contributed by atoms with Crippen LogP contribution in [-0.4, -0.2) is 18.2 Å². The summed E-state index contributed by atoms with van der Waals surface area (Å²) < 4.78 is 0. The lowest BCUT2D eigenvalue weighted by Crippen LogP contribution is -2.48. The monoisotopic (exact) mass is 248 g/mol. The van der Waals surface area contributed by atoms with E-state index < -0.39 is 0 Å². The summed E-state index contributed by atoms with van der Waals surface area (Å²) in [5, 5.41) is 0. The van der Waals surface area contributed by atoms with Gasteiger partial charge in [-0.15, -0.1) is 11.8 Å². The first-order chi connectivity index (χ1) is 8.28. The topological polar surface area (TPSA) is 41.1 Å². The SMILES string of the molecule is CSc1cccc(/C=C/C2CCC(=O)NN2)c1. The van der Waals surface area contributed by atoms with Crippen LogP contribution in [0.5, 0.6) is 0 Å². The van der Waals surface area contributed by atoms with E-state index in [0.29, 0.717) is 6.42 Å². The van der Waals surface area contributed by atoms with Crippen LogP contribution in [0.25, 0.3) is 6.08 Å². The highest BCUT2D eigenvalue weighted by Gasteiger charge is 2.14. The number of benzene rings is 1. The molecule has 0 aliphatic carbocycles. The van der Waals surface area contributed by atoms with Gasteiger partial charge in [-0.1, -0.05) is 24.3 Å². The molecule has 0 radical (unpaired) electrons. The van der Waals surface area contributed by atoms with E-state index in [1.807, 2.05) is 0 Å². The van der Waals surface area contributed by atoms with Crippen molar-refractivity contribution < 1.29 is 4.79 Å². The van der Waals surface area contributed by atoms with Gasteiger partial charge in [0.15, 0.2) is 0 Å². The molecule has 1 unspecified atom stereocenters. The number of carbonyl (C=O) groups excluding carboxylic acids is 1. The molecule has 2 rings (SSSR count). The van der Waals surface area contributed by atoms with E-state index in [9.17, 15) is 4.79 Å². The Morgan fingerprint density at radius 3 is 3.06 bits per heavy atom. The highest BCUT2D eigenvalue weighted by Crippen LogP contribution is 2.17. The summed E-state index contributed by atoms with van der Waals surface area (Å²) in [5.41, 5.74) is 6.81. The summed E-state index contributed by atoms with van der Waals surface area (Å²) in [5.74, 6) is 0.0685. The van der Waals surface area contributed by atoms with Crippen molar-refractivity contribution in [3.63, 3.8) is 0 Å². The van der Waals surface area contributed by atoms with Gasteiger partial charge in [-0.3, -0.25) is 10.2 Å². The molecule has 0 bridgehead atoms. The lowest BCUT2D eigenvalue weighted by atomic mass is 10.1. The van der Waals surface area contributed by atoms with Crippen molar-refractivity contribution in [3.05, 3.63) is 35.9 Å². The Morgan fingerprint density at radius 1 is 1.47 bits per heavy atom. The Bertz CT molecular complexity index is 421. The molecule has 0 saturated carbocycles. The van der Waals surface area contributed by atoms with E-state index in [-0.39, 0.29) is 11.9 Å². The van der Waals surface area contributed by atoms with Crippen molar-refractivity contribution in [3.8, 4) is 0 Å². The number of rotatable bonds is 3. The number of thioether (sulfide) groups is 1. The maximum Gasteiger partial charge on any atom is 0.234 e. The first kappa shape index (κ1) is 12.2. The highest BCUT2D eigenvalue weighted by molar-refractivity contribution is 7.98. The molecule has 1 amide bonds. The van der Waals surface area contributed by atoms with Gasteiger partial charge in [0.2, 0.25) is 5.91 Å². The molecule has 3 nitrogen and oxygen atoms in total. The van der Waals surface area contributed by atoms with Crippen LogP contribution in [0.4, 0.5) is 0 Å². The van der Waals surface area contributed by atoms with E-state index in [1.165, 1.54) is 10.5 Å². The second-order valence-corrected chi connectivity index (χ2v) is 4.85. The molecule has 1 fully saturated rings. The average molecular weight is 248 g/mol. The van der Waals surface area contributed by atoms with Gasteiger partial charge in [-0.25, -0.2) is 5.43 Å². The molecule has 1 atom stereocenters. The van der Waals surface area contributed by atoms with E-state index >= 15 is 0 Å². The second-order valence-electron chi connectivity index (χ2n) is 3.97. The zero-order chi connectivity index (χ0) is 12.1. The summed E-state index contributed by atoms with van der Waals surface area (Å²) in [6, 6.07) is 8.62. The van der Waals surface area contributed by atoms with Crippen LogP contribution in [0.2, 0.25) is 0 Å². The fourth-order valence-electron chi connectivity index (χ4n) is 1.71. The molecule has 0 aromatic heterocycles. The molecule has 0 spiro atoms. The quantitative estimate of drug-likeness (QED) is 0.806. The van der Waals surface area contributed by atoms with Crippen LogP contribution < -0.4 is 10.9 Å². The number of nitrogens with one attached hydrogen (secondary N) is 2. The minimum Gasteiger partial charge on any atom is -0.291 e. The van der Waals surface area contributed by atoms with Crippen molar-refractivity contribution in [2.24, 2.45) is 0 Å². The molecule has 2 N–H and O–H groups in total. The van der Waals surface area contributed by atoms with Crippen LogP contribution in [-0.2, 0) is 4.79 Å². The van der Waals surface area contributed by atoms with Crippen LogP contribution in [0.15, 0.2) is 35.2 Å². The largest absolute Gasteiger partial charge is 0.291 e. The van der Waals surface area contributed by atoms with E-state index in [1.54, 1.807) is 11.8 Å². The molecule has 17 heavy (non-hydrogen) atoms. The number of hydrazine groups is 1. The Kier molecular flexibility index (Phi) is 4.23. The minimum atomic E-state index is 0.0685. The smallest absolute Gasteiger partial charge is 0.234 e. The molecule has 1 aromatic carbocycles. The minimum absolute atomic E-state index is 0.0685. The van der Waals surface area contributed by atoms with Gasteiger partial charge in [-0.05, 0) is 30.4 Å². The zero-order valence-corrected chi connectivity index (χ0v) is 10.6. The zero-order valence-electron chi connectivity index (χ0n) is 9.77. The van der Waals surface area contributed by atoms with E-state index in [4.69, 9.17) is 0 Å². The number of hydrogen-bond donors (Lipinski definition) is 2. The summed E-state index contributed by atoms with van der Waals surface area (Å²) in [7, 11) is 0. The highest BCUT2D eigenvalue weighted by atomic mass is 32.2. The van der Waals surface area contributed by atoms with Gasteiger partial charge in [-0.2, -0.15) is 0 Å². The lowest BCUT2D eigenvalue weighted by Gasteiger charge is -2.20. The molecule has 1 heterocycles.